The van der Waals surface area contributed by atoms with Crippen molar-refractivity contribution in [2.24, 2.45) is 0 Å². The Kier molecular flexibility index (Phi) is 3.42. The number of rotatable bonds is 2. The highest BCUT2D eigenvalue weighted by atomic mass is 79.9. The minimum atomic E-state index is -3.49. The molecule has 0 spiro atoms. The van der Waals surface area contributed by atoms with Gasteiger partial charge in [-0.2, -0.15) is 8.78 Å². The molecule has 0 radical (unpaired) electrons. The molecule has 5 heteroatoms. The first-order valence-electron chi connectivity index (χ1n) is 3.70. The quantitative estimate of drug-likeness (QED) is 0.594. The molecule has 1 aromatic rings. The van der Waals surface area contributed by atoms with Gasteiger partial charge in [0.1, 0.15) is 0 Å². The van der Waals surface area contributed by atoms with Crippen LogP contribution in [-0.4, -0.2) is 10.6 Å². The lowest BCUT2D eigenvalue weighted by molar-refractivity contribution is 0.0592. The summed E-state index contributed by atoms with van der Waals surface area (Å²) in [7, 11) is 0. The van der Waals surface area contributed by atoms with Crippen LogP contribution in [0, 0.1) is 6.92 Å². The third kappa shape index (κ3) is 2.60. The first-order chi connectivity index (χ1) is 6.32. The van der Waals surface area contributed by atoms with E-state index in [9.17, 15) is 13.6 Å². The first-order valence-corrected chi connectivity index (χ1v) is 5.28. The highest BCUT2D eigenvalue weighted by molar-refractivity contribution is 9.10. The van der Waals surface area contributed by atoms with Crippen LogP contribution >= 0.6 is 31.9 Å². The van der Waals surface area contributed by atoms with Crippen molar-refractivity contribution in [3.05, 3.63) is 33.8 Å². The Balaban J connectivity index is 3.10. The number of alkyl halides is 3. The molecular formula is C9H6Br2F2O. The summed E-state index contributed by atoms with van der Waals surface area (Å²) < 4.78 is 26.0. The van der Waals surface area contributed by atoms with Crippen LogP contribution < -0.4 is 0 Å². The molecule has 0 unspecified atom stereocenters. The fourth-order valence-electron chi connectivity index (χ4n) is 0.950. The standard InChI is InChI=1S/C9H6Br2F2O/c1-5-4-6(2-3-7(5)10)8(14)9(11,12)13/h2-4H,1H3. The van der Waals surface area contributed by atoms with E-state index in [1.807, 2.05) is 15.9 Å². The summed E-state index contributed by atoms with van der Waals surface area (Å²) in [5.41, 5.74) is 0.736. The minimum absolute atomic E-state index is 0.00687. The van der Waals surface area contributed by atoms with Crippen LogP contribution in [-0.2, 0) is 0 Å². The van der Waals surface area contributed by atoms with Crippen LogP contribution in [0.5, 0.6) is 0 Å². The van der Waals surface area contributed by atoms with Crippen molar-refractivity contribution >= 4 is 37.6 Å². The van der Waals surface area contributed by atoms with Crippen LogP contribution in [0.25, 0.3) is 0 Å². The smallest absolute Gasteiger partial charge is 0.286 e. The number of Topliss-reactive ketones (excluding diaryl/α,β-unsaturated/α-hetero) is 1. The van der Waals surface area contributed by atoms with Crippen LogP contribution in [0.15, 0.2) is 22.7 Å². The van der Waals surface area contributed by atoms with Crippen LogP contribution in [0.1, 0.15) is 15.9 Å². The number of halogens is 4. The summed E-state index contributed by atoms with van der Waals surface area (Å²) in [6.07, 6.45) is 0. The molecule has 1 rings (SSSR count). The SMILES string of the molecule is Cc1cc(C(=O)C(F)(F)Br)ccc1Br. The monoisotopic (exact) mass is 326 g/mol. The Morgan fingerprint density at radius 1 is 1.43 bits per heavy atom. The second-order valence-corrected chi connectivity index (χ2v) is 4.64. The zero-order valence-corrected chi connectivity index (χ0v) is 10.3. The van der Waals surface area contributed by atoms with Crippen molar-refractivity contribution in [2.75, 3.05) is 0 Å². The lowest BCUT2D eigenvalue weighted by Gasteiger charge is -2.07. The number of ketones is 1. The zero-order valence-electron chi connectivity index (χ0n) is 7.15. The number of hydrogen-bond donors (Lipinski definition) is 0. The van der Waals surface area contributed by atoms with Gasteiger partial charge in [0.15, 0.2) is 0 Å². The number of carbonyl (C=O) groups excluding carboxylic acids is 1. The maximum Gasteiger partial charge on any atom is 0.363 e. The van der Waals surface area contributed by atoms with Gasteiger partial charge in [0.2, 0.25) is 5.78 Å². The summed E-state index contributed by atoms with van der Waals surface area (Å²) in [5.74, 6) is -1.23. The Morgan fingerprint density at radius 2 is 2.00 bits per heavy atom. The average Bonchev–Trinajstić information content (AvgIpc) is 2.07. The molecule has 0 aliphatic heterocycles. The van der Waals surface area contributed by atoms with Crippen molar-refractivity contribution in [3.8, 4) is 0 Å². The predicted molar refractivity (Wildman–Crippen MR) is 57.1 cm³/mol. The lowest BCUT2D eigenvalue weighted by Crippen LogP contribution is -2.20. The molecule has 0 heterocycles. The summed E-state index contributed by atoms with van der Waals surface area (Å²) in [4.78, 5) is 7.62. The number of carbonyl (C=O) groups is 1. The van der Waals surface area contributed by atoms with Crippen molar-refractivity contribution in [3.63, 3.8) is 0 Å². The zero-order chi connectivity index (χ0) is 10.9. The molecule has 0 amide bonds. The predicted octanol–water partition coefficient (Wildman–Crippen LogP) is 3.93. The van der Waals surface area contributed by atoms with Gasteiger partial charge in [0, 0.05) is 10.0 Å². The molecular weight excluding hydrogens is 322 g/mol. The van der Waals surface area contributed by atoms with E-state index < -0.39 is 10.6 Å². The van der Waals surface area contributed by atoms with E-state index >= 15 is 0 Å². The molecule has 76 valence electrons. The largest absolute Gasteiger partial charge is 0.363 e. The van der Waals surface area contributed by atoms with E-state index in [1.165, 1.54) is 12.1 Å². The van der Waals surface area contributed by atoms with Gasteiger partial charge in [-0.15, -0.1) is 0 Å². The van der Waals surface area contributed by atoms with E-state index in [-0.39, 0.29) is 5.56 Å². The van der Waals surface area contributed by atoms with Crippen molar-refractivity contribution in [2.45, 2.75) is 11.8 Å². The van der Waals surface area contributed by atoms with Gasteiger partial charge in [-0.25, -0.2) is 0 Å². The van der Waals surface area contributed by atoms with Crippen molar-refractivity contribution in [1.29, 1.82) is 0 Å². The maximum atomic E-state index is 12.6. The van der Waals surface area contributed by atoms with E-state index in [0.29, 0.717) is 0 Å². The third-order valence-electron chi connectivity index (χ3n) is 1.68. The fraction of sp³-hybridized carbons (Fsp3) is 0.222. The molecule has 0 aromatic heterocycles. The fourth-order valence-corrected chi connectivity index (χ4v) is 1.43. The Morgan fingerprint density at radius 3 is 2.43 bits per heavy atom. The lowest BCUT2D eigenvalue weighted by atomic mass is 10.1. The second-order valence-electron chi connectivity index (χ2n) is 2.79. The van der Waals surface area contributed by atoms with Crippen molar-refractivity contribution in [1.82, 2.24) is 0 Å². The van der Waals surface area contributed by atoms with Gasteiger partial charge in [0.25, 0.3) is 0 Å². The second kappa shape index (κ2) is 4.06. The van der Waals surface area contributed by atoms with Gasteiger partial charge >= 0.3 is 4.83 Å². The Hall–Kier alpha value is -0.290. The maximum absolute atomic E-state index is 12.6. The van der Waals surface area contributed by atoms with Gasteiger partial charge in [-0.05, 0) is 46.6 Å². The summed E-state index contributed by atoms with van der Waals surface area (Å²) in [5, 5.41) is 0. The molecule has 1 nitrogen and oxygen atoms in total. The molecule has 0 atom stereocenters. The number of aryl methyl sites for hydroxylation is 1. The number of benzene rings is 1. The highest BCUT2D eigenvalue weighted by Crippen LogP contribution is 2.28. The minimum Gasteiger partial charge on any atom is -0.286 e. The highest BCUT2D eigenvalue weighted by Gasteiger charge is 2.35. The molecule has 0 N–H and O–H groups in total. The molecule has 0 aliphatic carbocycles. The molecule has 1 aromatic carbocycles. The molecule has 0 fully saturated rings. The molecule has 0 bridgehead atoms. The van der Waals surface area contributed by atoms with E-state index in [2.05, 4.69) is 15.9 Å². The normalized spacial score (nSPS) is 11.5. The summed E-state index contributed by atoms with van der Waals surface area (Å²) in [6.45, 7) is 1.73. The number of hydrogen-bond acceptors (Lipinski definition) is 1. The topological polar surface area (TPSA) is 17.1 Å². The summed E-state index contributed by atoms with van der Waals surface area (Å²) in [6, 6.07) is 4.34. The van der Waals surface area contributed by atoms with Crippen LogP contribution in [0.4, 0.5) is 8.78 Å². The summed E-state index contributed by atoms with van der Waals surface area (Å²) >= 11 is 5.25. The third-order valence-corrected chi connectivity index (χ3v) is 2.93. The van der Waals surface area contributed by atoms with Crippen LogP contribution in [0.3, 0.4) is 0 Å². The van der Waals surface area contributed by atoms with Gasteiger partial charge < -0.3 is 0 Å². The van der Waals surface area contributed by atoms with Gasteiger partial charge in [0.05, 0.1) is 0 Å². The average molecular weight is 328 g/mol. The Labute approximate surface area is 96.8 Å². The molecule has 0 saturated heterocycles. The van der Waals surface area contributed by atoms with E-state index in [0.717, 1.165) is 10.0 Å². The van der Waals surface area contributed by atoms with Crippen LogP contribution in [0.2, 0.25) is 0 Å². The van der Waals surface area contributed by atoms with Gasteiger partial charge in [-0.1, -0.05) is 15.9 Å². The van der Waals surface area contributed by atoms with Crippen molar-refractivity contribution < 1.29 is 13.6 Å². The van der Waals surface area contributed by atoms with E-state index in [4.69, 9.17) is 0 Å². The van der Waals surface area contributed by atoms with Gasteiger partial charge in [-0.3, -0.25) is 4.79 Å². The molecule has 0 aliphatic rings. The van der Waals surface area contributed by atoms with E-state index in [1.54, 1.807) is 13.0 Å². The molecule has 14 heavy (non-hydrogen) atoms. The molecule has 0 saturated carbocycles. The Bertz CT molecular complexity index is 372. The first kappa shape index (κ1) is 11.8.